The molecule has 1 heterocycles. The molecule has 1 aromatic rings. The van der Waals surface area contributed by atoms with E-state index in [-0.39, 0.29) is 16.6 Å². The lowest BCUT2D eigenvalue weighted by molar-refractivity contribution is -0.200. The highest BCUT2D eigenvalue weighted by Gasteiger charge is 2.40. The van der Waals surface area contributed by atoms with Crippen molar-refractivity contribution in [2.75, 3.05) is 39.0 Å². The van der Waals surface area contributed by atoms with Gasteiger partial charge >= 0.3 is 12.3 Å². The van der Waals surface area contributed by atoms with Crippen LogP contribution >= 0.6 is 0 Å². The number of carbonyl (C=O) groups excluding carboxylic acids is 1. The van der Waals surface area contributed by atoms with Crippen LogP contribution in [0.5, 0.6) is 5.75 Å². The molecule has 0 N–H and O–H groups in total. The lowest BCUT2D eigenvalue weighted by Crippen LogP contribution is -2.53. The molecule has 0 aromatic heterocycles. The maximum absolute atomic E-state index is 14.2. The van der Waals surface area contributed by atoms with Crippen LogP contribution in [0.15, 0.2) is 23.1 Å². The zero-order valence-corrected chi connectivity index (χ0v) is 20.0. The average Bonchev–Trinajstić information content (AvgIpc) is 2.77. The molecule has 0 radical (unpaired) electrons. The summed E-state index contributed by atoms with van der Waals surface area (Å²) in [7, 11) is -3.49. The van der Waals surface area contributed by atoms with Crippen molar-refractivity contribution in [1.82, 2.24) is 9.80 Å². The van der Waals surface area contributed by atoms with E-state index in [9.17, 15) is 30.8 Å². The number of rotatable bonds is 6. The van der Waals surface area contributed by atoms with E-state index in [1.165, 1.54) is 17.0 Å². The first-order chi connectivity index (χ1) is 15.8. The molecule has 1 aliphatic carbocycles. The minimum absolute atomic E-state index is 0.0253. The molecule has 1 saturated heterocycles. The van der Waals surface area contributed by atoms with Crippen molar-refractivity contribution in [2.24, 2.45) is 5.92 Å². The highest BCUT2D eigenvalue weighted by Crippen LogP contribution is 2.30. The molecule has 3 rings (SSSR count). The summed E-state index contributed by atoms with van der Waals surface area (Å²) in [4.78, 5) is 15.4. The second-order valence-corrected chi connectivity index (χ2v) is 11.0. The molecule has 1 atom stereocenters. The number of sulfone groups is 1. The third kappa shape index (κ3) is 6.97. The number of nitrogens with zero attached hydrogens (tertiary/aromatic N) is 2. The quantitative estimate of drug-likeness (QED) is 0.541. The summed E-state index contributed by atoms with van der Waals surface area (Å²) in [5, 5.41) is 0. The first-order valence-electron chi connectivity index (χ1n) is 11.2. The molecule has 1 amide bonds. The van der Waals surface area contributed by atoms with Crippen LogP contribution in [0.3, 0.4) is 0 Å². The highest BCUT2D eigenvalue weighted by molar-refractivity contribution is 7.90. The molecule has 1 saturated carbocycles. The van der Waals surface area contributed by atoms with Gasteiger partial charge in [0.1, 0.15) is 0 Å². The smallest absolute Gasteiger partial charge is 0.425 e. The zero-order valence-electron chi connectivity index (χ0n) is 19.2. The molecule has 12 heteroatoms. The first kappa shape index (κ1) is 26.5. The first-order valence-corrected chi connectivity index (χ1v) is 13.1. The van der Waals surface area contributed by atoms with Gasteiger partial charge in [0.25, 0.3) is 0 Å². The number of piperazine rings is 1. The molecule has 0 spiro atoms. The number of amides is 1. The summed E-state index contributed by atoms with van der Waals surface area (Å²) < 4.78 is 85.1. The predicted octanol–water partition coefficient (Wildman–Crippen LogP) is 3.87. The Balaban J connectivity index is 1.40. The van der Waals surface area contributed by atoms with Crippen LogP contribution in [0.25, 0.3) is 0 Å². The minimum atomic E-state index is -4.58. The Labute approximate surface area is 196 Å². The van der Waals surface area contributed by atoms with Crippen LogP contribution in [0.1, 0.15) is 32.6 Å². The van der Waals surface area contributed by atoms with E-state index in [1.807, 2.05) is 0 Å². The van der Waals surface area contributed by atoms with Gasteiger partial charge in [-0.25, -0.2) is 17.6 Å². The fourth-order valence-corrected chi connectivity index (χ4v) is 4.91. The SMILES string of the molecule is C[C@@H](OC(=O)N1CCN(C2CCC(COc3ccc(S(C)(=O)=O)cc3F)CC2)CC1)C(F)(F)F. The fraction of sp³-hybridized carbons (Fsp3) is 0.682. The third-order valence-corrected chi connectivity index (χ3v) is 7.56. The van der Waals surface area contributed by atoms with Crippen LogP contribution in [-0.4, -0.2) is 81.7 Å². The van der Waals surface area contributed by atoms with Crippen molar-refractivity contribution < 1.29 is 40.2 Å². The Morgan fingerprint density at radius 2 is 1.74 bits per heavy atom. The summed E-state index contributed by atoms with van der Waals surface area (Å²) in [6.45, 7) is 2.91. The number of hydrogen-bond donors (Lipinski definition) is 0. The van der Waals surface area contributed by atoms with Gasteiger partial charge in [-0.1, -0.05) is 0 Å². The predicted molar refractivity (Wildman–Crippen MR) is 116 cm³/mol. The summed E-state index contributed by atoms with van der Waals surface area (Å²) in [5.74, 6) is -0.444. The van der Waals surface area contributed by atoms with Crippen LogP contribution in [-0.2, 0) is 14.6 Å². The van der Waals surface area contributed by atoms with Gasteiger partial charge in [0.2, 0.25) is 0 Å². The number of hydrogen-bond acceptors (Lipinski definition) is 6. The lowest BCUT2D eigenvalue weighted by Gasteiger charge is -2.41. The Morgan fingerprint density at radius 3 is 2.26 bits per heavy atom. The monoisotopic (exact) mass is 510 g/mol. The molecule has 192 valence electrons. The van der Waals surface area contributed by atoms with E-state index in [2.05, 4.69) is 9.64 Å². The molecule has 0 bridgehead atoms. The molecular weight excluding hydrogens is 480 g/mol. The highest BCUT2D eigenvalue weighted by atomic mass is 32.2. The van der Waals surface area contributed by atoms with E-state index in [0.29, 0.717) is 38.8 Å². The van der Waals surface area contributed by atoms with Gasteiger partial charge in [-0.05, 0) is 56.7 Å². The summed E-state index contributed by atoms with van der Waals surface area (Å²) in [6, 6.07) is 3.93. The van der Waals surface area contributed by atoms with Crippen molar-refractivity contribution in [1.29, 1.82) is 0 Å². The molecule has 1 aliphatic heterocycles. The van der Waals surface area contributed by atoms with Gasteiger partial charge in [0.15, 0.2) is 27.5 Å². The molecule has 2 aliphatic rings. The van der Waals surface area contributed by atoms with Gasteiger partial charge in [0, 0.05) is 38.5 Å². The van der Waals surface area contributed by atoms with E-state index in [4.69, 9.17) is 4.74 Å². The normalized spacial score (nSPS) is 23.4. The summed E-state index contributed by atoms with van der Waals surface area (Å²) in [5.41, 5.74) is 0. The van der Waals surface area contributed by atoms with Gasteiger partial charge in [-0.3, -0.25) is 4.90 Å². The maximum atomic E-state index is 14.2. The number of ether oxygens (including phenoxy) is 2. The minimum Gasteiger partial charge on any atom is -0.490 e. The van der Waals surface area contributed by atoms with E-state index in [0.717, 1.165) is 44.9 Å². The van der Waals surface area contributed by atoms with Crippen molar-refractivity contribution in [2.45, 2.75) is 55.8 Å². The van der Waals surface area contributed by atoms with Gasteiger partial charge in [-0.15, -0.1) is 0 Å². The van der Waals surface area contributed by atoms with Gasteiger partial charge < -0.3 is 14.4 Å². The topological polar surface area (TPSA) is 76.2 Å². The lowest BCUT2D eigenvalue weighted by atomic mass is 9.85. The van der Waals surface area contributed by atoms with Gasteiger partial charge in [0.05, 0.1) is 11.5 Å². The van der Waals surface area contributed by atoms with E-state index < -0.39 is 34.0 Å². The maximum Gasteiger partial charge on any atom is 0.425 e. The number of halogens is 4. The average molecular weight is 511 g/mol. The molecule has 0 unspecified atom stereocenters. The van der Waals surface area contributed by atoms with Crippen LogP contribution in [0.2, 0.25) is 0 Å². The Kier molecular flexibility index (Phi) is 8.33. The van der Waals surface area contributed by atoms with Crippen molar-refractivity contribution in [3.05, 3.63) is 24.0 Å². The Bertz CT molecular complexity index is 957. The second-order valence-electron chi connectivity index (χ2n) is 8.94. The van der Waals surface area contributed by atoms with Crippen molar-refractivity contribution >= 4 is 15.9 Å². The molecule has 7 nitrogen and oxygen atoms in total. The van der Waals surface area contributed by atoms with Crippen molar-refractivity contribution in [3.63, 3.8) is 0 Å². The number of benzene rings is 1. The molecular formula is C22H30F4N2O5S. The standard InChI is InChI=1S/C22H30F4N2O5S/c1-15(22(24,25)26)33-21(29)28-11-9-27(10-12-28)17-5-3-16(4-6-17)14-32-20-8-7-18(13-19(20)23)34(2,30)31/h7-8,13,15-17H,3-6,9-12,14H2,1-2H3/t15-,16?,17?/m1/s1. The number of carbonyl (C=O) groups is 1. The van der Waals surface area contributed by atoms with E-state index >= 15 is 0 Å². The molecule has 34 heavy (non-hydrogen) atoms. The fourth-order valence-electron chi connectivity index (χ4n) is 4.28. The largest absolute Gasteiger partial charge is 0.490 e. The van der Waals surface area contributed by atoms with Crippen LogP contribution < -0.4 is 4.74 Å². The van der Waals surface area contributed by atoms with Gasteiger partial charge in [-0.2, -0.15) is 13.2 Å². The Hall–Kier alpha value is -2.08. The molecule has 2 fully saturated rings. The van der Waals surface area contributed by atoms with Crippen LogP contribution in [0, 0.1) is 11.7 Å². The second kappa shape index (κ2) is 10.7. The molecule has 1 aromatic carbocycles. The summed E-state index contributed by atoms with van der Waals surface area (Å²) >= 11 is 0. The van der Waals surface area contributed by atoms with E-state index in [1.54, 1.807) is 0 Å². The third-order valence-electron chi connectivity index (χ3n) is 6.45. The number of alkyl halides is 3. The summed E-state index contributed by atoms with van der Waals surface area (Å²) in [6.07, 6.45) is -3.09. The van der Waals surface area contributed by atoms with Crippen LogP contribution in [0.4, 0.5) is 22.4 Å². The van der Waals surface area contributed by atoms with Crippen molar-refractivity contribution in [3.8, 4) is 5.75 Å². The Morgan fingerprint density at radius 1 is 1.12 bits per heavy atom. The zero-order chi connectivity index (χ0) is 25.1.